The first-order valence-electron chi connectivity index (χ1n) is 7.84. The number of aryl methyl sites for hydroxylation is 3. The maximum Gasteiger partial charge on any atom is 0.193 e. The van der Waals surface area contributed by atoms with Crippen LogP contribution in [0.4, 0.5) is 0 Å². The Morgan fingerprint density at radius 3 is 1.78 bits per heavy atom. The highest BCUT2D eigenvalue weighted by Crippen LogP contribution is 2.23. The van der Waals surface area contributed by atoms with Gasteiger partial charge in [-0.15, -0.1) is 0 Å². The van der Waals surface area contributed by atoms with Crippen LogP contribution >= 0.6 is 0 Å². The topological polar surface area (TPSA) is 17.1 Å². The summed E-state index contributed by atoms with van der Waals surface area (Å²) in [5, 5.41) is 0. The van der Waals surface area contributed by atoms with Gasteiger partial charge in [-0.2, -0.15) is 0 Å². The minimum Gasteiger partial charge on any atom is -0.289 e. The number of carbonyl (C=O) groups is 1. The van der Waals surface area contributed by atoms with Crippen molar-refractivity contribution in [3.05, 3.63) is 94.5 Å². The number of rotatable bonds is 3. The van der Waals surface area contributed by atoms with Crippen molar-refractivity contribution in [2.75, 3.05) is 0 Å². The lowest BCUT2D eigenvalue weighted by Crippen LogP contribution is -2.06. The van der Waals surface area contributed by atoms with Gasteiger partial charge in [0.2, 0.25) is 0 Å². The fourth-order valence-electron chi connectivity index (χ4n) is 3.13. The highest BCUT2D eigenvalue weighted by molar-refractivity contribution is 6.11. The third-order valence-electron chi connectivity index (χ3n) is 4.16. The molecule has 0 atom stereocenters. The third kappa shape index (κ3) is 3.09. The zero-order valence-electron chi connectivity index (χ0n) is 13.8. The molecular formula is C22H20O. The first-order valence-corrected chi connectivity index (χ1v) is 7.84. The molecule has 0 aromatic heterocycles. The molecule has 0 heterocycles. The van der Waals surface area contributed by atoms with Crippen molar-refractivity contribution in [2.45, 2.75) is 20.8 Å². The normalized spacial score (nSPS) is 10.6. The molecule has 0 N–H and O–H groups in total. The van der Waals surface area contributed by atoms with Crippen LogP contribution in [0, 0.1) is 20.8 Å². The van der Waals surface area contributed by atoms with Crippen LogP contribution < -0.4 is 0 Å². The average Bonchev–Trinajstić information content (AvgIpc) is 2.55. The number of hydrogen-bond donors (Lipinski definition) is 0. The van der Waals surface area contributed by atoms with Gasteiger partial charge in [-0.05, 0) is 43.0 Å². The number of benzene rings is 3. The fourth-order valence-corrected chi connectivity index (χ4v) is 3.13. The van der Waals surface area contributed by atoms with Crippen molar-refractivity contribution >= 4 is 5.78 Å². The third-order valence-corrected chi connectivity index (χ3v) is 4.16. The predicted octanol–water partition coefficient (Wildman–Crippen LogP) is 5.51. The fraction of sp³-hybridized carbons (Fsp3) is 0.136. The van der Waals surface area contributed by atoms with E-state index in [1.807, 2.05) is 56.3 Å². The molecule has 1 heteroatoms. The molecule has 0 aliphatic rings. The Hall–Kier alpha value is -2.67. The maximum atomic E-state index is 12.8. The molecule has 0 amide bonds. The minimum absolute atomic E-state index is 0.0969. The largest absolute Gasteiger partial charge is 0.289 e. The monoisotopic (exact) mass is 300 g/mol. The van der Waals surface area contributed by atoms with Gasteiger partial charge in [0.25, 0.3) is 0 Å². The van der Waals surface area contributed by atoms with Gasteiger partial charge in [-0.3, -0.25) is 4.79 Å². The Bertz CT molecular complexity index is 820. The lowest BCUT2D eigenvalue weighted by Gasteiger charge is -2.11. The Kier molecular flexibility index (Phi) is 4.12. The van der Waals surface area contributed by atoms with Crippen molar-refractivity contribution < 1.29 is 4.79 Å². The van der Waals surface area contributed by atoms with E-state index in [0.29, 0.717) is 0 Å². The van der Waals surface area contributed by atoms with E-state index in [-0.39, 0.29) is 5.78 Å². The molecule has 0 saturated heterocycles. The van der Waals surface area contributed by atoms with Crippen LogP contribution in [0.2, 0.25) is 0 Å². The quantitative estimate of drug-likeness (QED) is 0.583. The summed E-state index contributed by atoms with van der Waals surface area (Å²) in [6.07, 6.45) is 0. The van der Waals surface area contributed by atoms with Gasteiger partial charge in [-0.1, -0.05) is 72.3 Å². The van der Waals surface area contributed by atoms with Crippen LogP contribution in [0.3, 0.4) is 0 Å². The van der Waals surface area contributed by atoms with Crippen LogP contribution in [-0.2, 0) is 0 Å². The van der Waals surface area contributed by atoms with E-state index < -0.39 is 0 Å². The first kappa shape index (κ1) is 15.2. The molecule has 0 saturated carbocycles. The molecule has 0 unspecified atom stereocenters. The van der Waals surface area contributed by atoms with Gasteiger partial charge in [0.15, 0.2) is 5.78 Å². The molecule has 23 heavy (non-hydrogen) atoms. The van der Waals surface area contributed by atoms with Crippen molar-refractivity contribution in [3.8, 4) is 11.1 Å². The summed E-state index contributed by atoms with van der Waals surface area (Å²) >= 11 is 0. The van der Waals surface area contributed by atoms with Crippen LogP contribution in [0.15, 0.2) is 66.7 Å². The SMILES string of the molecule is Cc1cc(C)c(C(=O)c2ccc(-c3ccccc3)cc2)c(C)c1. The molecule has 0 radical (unpaired) electrons. The summed E-state index contributed by atoms with van der Waals surface area (Å²) < 4.78 is 0. The molecule has 3 rings (SSSR count). The van der Waals surface area contributed by atoms with Gasteiger partial charge < -0.3 is 0 Å². The molecule has 0 aliphatic carbocycles. The lowest BCUT2D eigenvalue weighted by atomic mass is 9.92. The van der Waals surface area contributed by atoms with E-state index in [2.05, 4.69) is 31.2 Å². The lowest BCUT2D eigenvalue weighted by molar-refractivity contribution is 0.103. The molecule has 0 spiro atoms. The summed E-state index contributed by atoms with van der Waals surface area (Å²) in [6.45, 7) is 6.07. The van der Waals surface area contributed by atoms with Gasteiger partial charge in [0.05, 0.1) is 0 Å². The van der Waals surface area contributed by atoms with Gasteiger partial charge in [-0.25, -0.2) is 0 Å². The summed E-state index contributed by atoms with van der Waals surface area (Å²) in [5.41, 5.74) is 7.12. The van der Waals surface area contributed by atoms with Gasteiger partial charge in [0, 0.05) is 11.1 Å². The van der Waals surface area contributed by atoms with Gasteiger partial charge >= 0.3 is 0 Å². The molecular weight excluding hydrogens is 280 g/mol. The second-order valence-electron chi connectivity index (χ2n) is 6.05. The van der Waals surface area contributed by atoms with E-state index in [4.69, 9.17) is 0 Å². The predicted molar refractivity (Wildman–Crippen MR) is 96.0 cm³/mol. The van der Waals surface area contributed by atoms with Crippen molar-refractivity contribution in [3.63, 3.8) is 0 Å². The summed E-state index contributed by atoms with van der Waals surface area (Å²) in [6, 6.07) is 22.2. The first-order chi connectivity index (χ1) is 11.1. The number of carbonyl (C=O) groups excluding carboxylic acids is 1. The van der Waals surface area contributed by atoms with E-state index in [1.165, 1.54) is 5.56 Å². The minimum atomic E-state index is 0.0969. The smallest absolute Gasteiger partial charge is 0.193 e. The Labute approximate surface area is 137 Å². The van der Waals surface area contributed by atoms with Crippen molar-refractivity contribution in [1.82, 2.24) is 0 Å². The van der Waals surface area contributed by atoms with E-state index in [0.717, 1.165) is 33.4 Å². The standard InChI is InChI=1S/C22H20O/c1-15-13-16(2)21(17(3)14-15)22(23)20-11-9-19(10-12-20)18-7-5-4-6-8-18/h4-14H,1-3H3. The molecule has 3 aromatic rings. The second-order valence-corrected chi connectivity index (χ2v) is 6.05. The van der Waals surface area contributed by atoms with Gasteiger partial charge in [0.1, 0.15) is 0 Å². The Morgan fingerprint density at radius 2 is 1.22 bits per heavy atom. The summed E-state index contributed by atoms with van der Waals surface area (Å²) in [7, 11) is 0. The summed E-state index contributed by atoms with van der Waals surface area (Å²) in [4.78, 5) is 12.8. The molecule has 114 valence electrons. The molecule has 1 nitrogen and oxygen atoms in total. The van der Waals surface area contributed by atoms with Crippen LogP contribution in [0.1, 0.15) is 32.6 Å². The average molecular weight is 300 g/mol. The molecule has 0 bridgehead atoms. The highest BCUT2D eigenvalue weighted by atomic mass is 16.1. The van der Waals surface area contributed by atoms with Crippen molar-refractivity contribution in [1.29, 1.82) is 0 Å². The Balaban J connectivity index is 1.95. The van der Waals surface area contributed by atoms with Crippen LogP contribution in [0.5, 0.6) is 0 Å². The second kappa shape index (κ2) is 6.21. The van der Waals surface area contributed by atoms with Crippen molar-refractivity contribution in [2.24, 2.45) is 0 Å². The molecule has 3 aromatic carbocycles. The van der Waals surface area contributed by atoms with Crippen LogP contribution in [-0.4, -0.2) is 5.78 Å². The zero-order valence-corrected chi connectivity index (χ0v) is 13.8. The van der Waals surface area contributed by atoms with E-state index >= 15 is 0 Å². The number of ketones is 1. The zero-order chi connectivity index (χ0) is 16.4. The number of hydrogen-bond acceptors (Lipinski definition) is 1. The molecule has 0 aliphatic heterocycles. The maximum absolute atomic E-state index is 12.8. The van der Waals surface area contributed by atoms with E-state index in [9.17, 15) is 4.79 Å². The summed E-state index contributed by atoms with van der Waals surface area (Å²) in [5.74, 6) is 0.0969. The van der Waals surface area contributed by atoms with Crippen LogP contribution in [0.25, 0.3) is 11.1 Å². The highest BCUT2D eigenvalue weighted by Gasteiger charge is 2.15. The molecule has 0 fully saturated rings. The van der Waals surface area contributed by atoms with E-state index in [1.54, 1.807) is 0 Å². The Morgan fingerprint density at radius 1 is 0.696 bits per heavy atom.